The van der Waals surface area contributed by atoms with E-state index < -0.39 is 10.1 Å². The fraction of sp³-hybridized carbons (Fsp3) is 1.00. The molecule has 7 atom stereocenters. The topological polar surface area (TPSA) is 43.4 Å². The Morgan fingerprint density at radius 3 is 2.77 bits per heavy atom. The molecule has 0 amide bonds. The molecule has 4 aliphatic rings. The Morgan fingerprint density at radius 2 is 2.00 bits per heavy atom. The summed E-state index contributed by atoms with van der Waals surface area (Å²) < 4.78 is 28.3. The highest BCUT2D eigenvalue weighted by molar-refractivity contribution is 7.87. The molecule has 0 spiro atoms. The second kappa shape index (κ2) is 1.70. The Hall–Kier alpha value is -0.0900. The van der Waals surface area contributed by atoms with Crippen LogP contribution in [-0.4, -0.2) is 19.8 Å². The quantitative estimate of drug-likeness (QED) is 0.538. The van der Waals surface area contributed by atoms with Gasteiger partial charge in [-0.1, -0.05) is 6.92 Å². The molecule has 3 nitrogen and oxygen atoms in total. The van der Waals surface area contributed by atoms with E-state index in [2.05, 4.69) is 6.92 Å². The molecule has 3 saturated carbocycles. The second-order valence-electron chi connectivity index (χ2n) is 5.08. The smallest absolute Gasteiger partial charge is 0.266 e. The number of hydrogen-bond acceptors (Lipinski definition) is 3. The molecule has 0 bridgehead atoms. The zero-order chi connectivity index (χ0) is 8.96. The SMILES string of the molecule is CC1C2OS(=O)(=O)C3CC4C1C4C23. The zero-order valence-electron chi connectivity index (χ0n) is 7.38. The normalized spacial score (nSPS) is 69.8. The molecule has 1 aliphatic heterocycles. The molecule has 0 aromatic rings. The highest BCUT2D eigenvalue weighted by Gasteiger charge is 2.77. The molecule has 4 heteroatoms. The van der Waals surface area contributed by atoms with Gasteiger partial charge in [0.2, 0.25) is 0 Å². The predicted octanol–water partition coefficient (Wildman–Crippen LogP) is 0.615. The van der Waals surface area contributed by atoms with Crippen LogP contribution in [0, 0.1) is 29.6 Å². The van der Waals surface area contributed by atoms with Gasteiger partial charge in [-0.05, 0) is 30.1 Å². The first kappa shape index (κ1) is 7.23. The van der Waals surface area contributed by atoms with Crippen molar-refractivity contribution in [1.82, 2.24) is 0 Å². The first-order valence-electron chi connectivity index (χ1n) is 5.03. The van der Waals surface area contributed by atoms with Crippen LogP contribution < -0.4 is 0 Å². The zero-order valence-corrected chi connectivity index (χ0v) is 8.20. The minimum atomic E-state index is -3.17. The van der Waals surface area contributed by atoms with Gasteiger partial charge in [0.25, 0.3) is 10.1 Å². The maximum absolute atomic E-state index is 11.6. The Labute approximate surface area is 77.6 Å². The van der Waals surface area contributed by atoms with Crippen LogP contribution in [-0.2, 0) is 14.3 Å². The predicted molar refractivity (Wildman–Crippen MR) is 45.3 cm³/mol. The van der Waals surface area contributed by atoms with Gasteiger partial charge in [0.15, 0.2) is 0 Å². The van der Waals surface area contributed by atoms with E-state index in [4.69, 9.17) is 4.18 Å². The summed E-state index contributed by atoms with van der Waals surface area (Å²) in [5.74, 6) is 3.11. The molecule has 4 fully saturated rings. The molecule has 72 valence electrons. The fourth-order valence-corrected chi connectivity index (χ4v) is 6.32. The third-order valence-electron chi connectivity index (χ3n) is 4.79. The molecular weight excluding hydrogens is 188 g/mol. The molecule has 0 radical (unpaired) electrons. The third-order valence-corrected chi connectivity index (χ3v) is 6.53. The Morgan fingerprint density at radius 1 is 1.23 bits per heavy atom. The highest BCUT2D eigenvalue weighted by atomic mass is 32.2. The minimum Gasteiger partial charge on any atom is -0.266 e. The van der Waals surface area contributed by atoms with Crippen molar-refractivity contribution in [2.75, 3.05) is 0 Å². The van der Waals surface area contributed by atoms with Crippen LogP contribution in [0.15, 0.2) is 0 Å². The van der Waals surface area contributed by atoms with Crippen molar-refractivity contribution in [1.29, 1.82) is 0 Å². The van der Waals surface area contributed by atoms with Crippen LogP contribution >= 0.6 is 0 Å². The molecular formula is C9H12O3S. The van der Waals surface area contributed by atoms with Crippen LogP contribution in [0.2, 0.25) is 0 Å². The molecule has 0 aromatic carbocycles. The summed E-state index contributed by atoms with van der Waals surface area (Å²) in [7, 11) is -3.17. The van der Waals surface area contributed by atoms with Gasteiger partial charge in [-0.3, -0.25) is 4.18 Å². The van der Waals surface area contributed by atoms with Gasteiger partial charge in [-0.25, -0.2) is 0 Å². The van der Waals surface area contributed by atoms with Crippen molar-refractivity contribution in [2.45, 2.75) is 24.7 Å². The number of rotatable bonds is 0. The van der Waals surface area contributed by atoms with Gasteiger partial charge in [0, 0.05) is 5.92 Å². The van der Waals surface area contributed by atoms with Gasteiger partial charge in [0.05, 0.1) is 11.4 Å². The summed E-state index contributed by atoms with van der Waals surface area (Å²) in [5, 5.41) is -0.131. The first-order chi connectivity index (χ1) is 6.11. The highest BCUT2D eigenvalue weighted by Crippen LogP contribution is 2.74. The van der Waals surface area contributed by atoms with Gasteiger partial charge in [-0.15, -0.1) is 0 Å². The van der Waals surface area contributed by atoms with Crippen molar-refractivity contribution in [3.63, 3.8) is 0 Å². The first-order valence-corrected chi connectivity index (χ1v) is 6.50. The third kappa shape index (κ3) is 0.580. The van der Waals surface area contributed by atoms with Crippen molar-refractivity contribution in [2.24, 2.45) is 29.6 Å². The van der Waals surface area contributed by atoms with Crippen molar-refractivity contribution >= 4 is 10.1 Å². The summed E-state index contributed by atoms with van der Waals surface area (Å²) in [6.45, 7) is 2.16. The maximum atomic E-state index is 11.6. The lowest BCUT2D eigenvalue weighted by atomic mass is 9.97. The standard InChI is InChI=1S/C9H12O3S/c1-3-6-4-2-5-8(7(4)6)9(3)12-13(5,10)11/h3-9H,2H2,1H3. The molecule has 0 N–H and O–H groups in total. The summed E-state index contributed by atoms with van der Waals surface area (Å²) in [5.41, 5.74) is 0. The van der Waals surface area contributed by atoms with Crippen LogP contribution in [0.5, 0.6) is 0 Å². The van der Waals surface area contributed by atoms with E-state index in [0.29, 0.717) is 17.8 Å². The maximum Gasteiger partial charge on any atom is 0.270 e. The van der Waals surface area contributed by atoms with E-state index in [9.17, 15) is 8.42 Å². The average molecular weight is 200 g/mol. The van der Waals surface area contributed by atoms with E-state index >= 15 is 0 Å². The Kier molecular flexibility index (Phi) is 0.944. The number of hydrogen-bond donors (Lipinski definition) is 0. The summed E-state index contributed by atoms with van der Waals surface area (Å²) in [6.07, 6.45) is 0.937. The molecule has 0 aromatic heterocycles. The summed E-state index contributed by atoms with van der Waals surface area (Å²) in [6, 6.07) is 0. The van der Waals surface area contributed by atoms with Crippen molar-refractivity contribution in [3.05, 3.63) is 0 Å². The van der Waals surface area contributed by atoms with Crippen molar-refractivity contribution in [3.8, 4) is 0 Å². The molecule has 1 heterocycles. The van der Waals surface area contributed by atoms with Gasteiger partial charge in [-0.2, -0.15) is 8.42 Å². The molecule has 1 saturated heterocycles. The second-order valence-corrected chi connectivity index (χ2v) is 6.87. The summed E-state index contributed by atoms with van der Waals surface area (Å²) >= 11 is 0. The van der Waals surface area contributed by atoms with Gasteiger partial charge >= 0.3 is 0 Å². The molecule has 7 unspecified atom stereocenters. The van der Waals surface area contributed by atoms with Crippen molar-refractivity contribution < 1.29 is 12.6 Å². The molecule has 4 rings (SSSR count). The molecule has 13 heavy (non-hydrogen) atoms. The van der Waals surface area contributed by atoms with Gasteiger partial charge < -0.3 is 0 Å². The monoisotopic (exact) mass is 200 g/mol. The largest absolute Gasteiger partial charge is 0.270 e. The van der Waals surface area contributed by atoms with E-state index in [-0.39, 0.29) is 11.4 Å². The lowest BCUT2D eigenvalue weighted by Crippen LogP contribution is -2.21. The van der Waals surface area contributed by atoms with Gasteiger partial charge in [0.1, 0.15) is 0 Å². The van der Waals surface area contributed by atoms with E-state index in [1.54, 1.807) is 0 Å². The van der Waals surface area contributed by atoms with E-state index in [1.807, 2.05) is 0 Å². The van der Waals surface area contributed by atoms with Crippen LogP contribution in [0.3, 0.4) is 0 Å². The van der Waals surface area contributed by atoms with Crippen LogP contribution in [0.4, 0.5) is 0 Å². The van der Waals surface area contributed by atoms with E-state index in [1.165, 1.54) is 0 Å². The Bertz CT molecular complexity index is 386. The number of fused-ring (bicyclic) bond motifs is 1. The van der Waals surface area contributed by atoms with E-state index in [0.717, 1.165) is 18.3 Å². The Balaban J connectivity index is 1.91. The summed E-state index contributed by atoms with van der Waals surface area (Å²) in [4.78, 5) is 0. The molecule has 3 aliphatic carbocycles. The van der Waals surface area contributed by atoms with Crippen LogP contribution in [0.25, 0.3) is 0 Å². The lowest BCUT2D eigenvalue weighted by Gasteiger charge is -2.15. The fourth-order valence-electron chi connectivity index (χ4n) is 4.39. The minimum absolute atomic E-state index is 0.0451. The van der Waals surface area contributed by atoms with Crippen LogP contribution in [0.1, 0.15) is 13.3 Å². The average Bonchev–Trinajstić information content (AvgIpc) is 2.37. The lowest BCUT2D eigenvalue weighted by molar-refractivity contribution is 0.145.